The Kier molecular flexibility index (Phi) is 1.80. The van der Waals surface area contributed by atoms with Crippen molar-refractivity contribution in [1.82, 2.24) is 4.90 Å². The topological polar surface area (TPSA) is 83.6 Å². The van der Waals surface area contributed by atoms with Crippen LogP contribution in [-0.2, 0) is 9.59 Å². The number of primary amides is 1. The molecular formula is C6H8N2O3. The second kappa shape index (κ2) is 2.61. The number of hydrogen-bond donors (Lipinski definition) is 2. The van der Waals surface area contributed by atoms with Crippen LogP contribution in [-0.4, -0.2) is 28.4 Å². The number of rotatable bonds is 2. The molecule has 2 amide bonds. The van der Waals surface area contributed by atoms with Crippen molar-refractivity contribution >= 4 is 11.8 Å². The van der Waals surface area contributed by atoms with Crippen molar-refractivity contribution in [2.75, 3.05) is 6.54 Å². The lowest BCUT2D eigenvalue weighted by Crippen LogP contribution is -2.31. The van der Waals surface area contributed by atoms with Crippen molar-refractivity contribution < 1.29 is 14.7 Å². The Balaban J connectivity index is 2.59. The highest BCUT2D eigenvalue weighted by Crippen LogP contribution is 2.11. The Morgan fingerprint density at radius 3 is 2.82 bits per heavy atom. The Bertz CT molecular complexity index is 234. The summed E-state index contributed by atoms with van der Waals surface area (Å²) in [6, 6.07) is 0. The summed E-state index contributed by atoms with van der Waals surface area (Å²) in [7, 11) is 0. The molecule has 5 heteroatoms. The number of amides is 2. The normalized spacial score (nSPS) is 16.9. The van der Waals surface area contributed by atoms with Gasteiger partial charge in [0.05, 0.1) is 6.42 Å². The molecule has 0 aromatic rings. The molecule has 0 unspecified atom stereocenters. The van der Waals surface area contributed by atoms with Gasteiger partial charge in [0.1, 0.15) is 12.3 Å². The molecule has 0 radical (unpaired) electrons. The molecule has 1 aliphatic heterocycles. The maximum atomic E-state index is 10.8. The van der Waals surface area contributed by atoms with Crippen molar-refractivity contribution in [2.45, 2.75) is 6.42 Å². The van der Waals surface area contributed by atoms with Gasteiger partial charge in [0, 0.05) is 6.20 Å². The third-order valence-electron chi connectivity index (χ3n) is 1.28. The average molecular weight is 156 g/mol. The highest BCUT2D eigenvalue weighted by atomic mass is 16.3. The number of nitrogens with zero attached hydrogens (tertiary/aromatic N) is 1. The van der Waals surface area contributed by atoms with E-state index in [4.69, 9.17) is 10.8 Å². The molecule has 11 heavy (non-hydrogen) atoms. The fraction of sp³-hybridized carbons (Fsp3) is 0.333. The van der Waals surface area contributed by atoms with E-state index in [2.05, 4.69) is 0 Å². The molecule has 60 valence electrons. The number of carbonyl (C=O) groups excluding carboxylic acids is 2. The number of aliphatic hydroxyl groups excluding tert-OH is 1. The van der Waals surface area contributed by atoms with Crippen LogP contribution < -0.4 is 5.73 Å². The fourth-order valence-electron chi connectivity index (χ4n) is 0.856. The minimum absolute atomic E-state index is 0.0312. The molecular weight excluding hydrogens is 148 g/mol. The largest absolute Gasteiger partial charge is 0.510 e. The SMILES string of the molecule is NC(=O)CN1C=C(O)CC1=O. The monoisotopic (exact) mass is 156 g/mol. The number of hydrogen-bond acceptors (Lipinski definition) is 3. The van der Waals surface area contributed by atoms with Crippen molar-refractivity contribution in [3.63, 3.8) is 0 Å². The first-order valence-corrected chi connectivity index (χ1v) is 3.07. The lowest BCUT2D eigenvalue weighted by molar-refractivity contribution is -0.131. The van der Waals surface area contributed by atoms with Crippen LogP contribution in [0.2, 0.25) is 0 Å². The molecule has 0 fully saturated rings. The molecule has 0 aromatic carbocycles. The summed E-state index contributed by atoms with van der Waals surface area (Å²) in [6.07, 6.45) is 1.18. The quantitative estimate of drug-likeness (QED) is 0.543. The van der Waals surface area contributed by atoms with Gasteiger partial charge in [-0.15, -0.1) is 0 Å². The van der Waals surface area contributed by atoms with Gasteiger partial charge in [0.25, 0.3) is 0 Å². The number of aliphatic hydroxyl groups is 1. The van der Waals surface area contributed by atoms with Gasteiger partial charge in [-0.2, -0.15) is 0 Å². The van der Waals surface area contributed by atoms with E-state index in [1.54, 1.807) is 0 Å². The number of carbonyl (C=O) groups is 2. The van der Waals surface area contributed by atoms with E-state index in [0.717, 1.165) is 4.90 Å². The van der Waals surface area contributed by atoms with Crippen LogP contribution in [0.15, 0.2) is 12.0 Å². The molecule has 0 saturated heterocycles. The highest BCUT2D eigenvalue weighted by molar-refractivity contribution is 5.87. The molecule has 0 aromatic heterocycles. The van der Waals surface area contributed by atoms with Crippen molar-refractivity contribution in [3.05, 3.63) is 12.0 Å². The van der Waals surface area contributed by atoms with Gasteiger partial charge in [0.15, 0.2) is 0 Å². The van der Waals surface area contributed by atoms with Crippen LogP contribution in [0, 0.1) is 0 Å². The maximum absolute atomic E-state index is 10.8. The Labute approximate surface area is 63.1 Å². The zero-order valence-electron chi connectivity index (χ0n) is 5.78. The Morgan fingerprint density at radius 2 is 2.45 bits per heavy atom. The summed E-state index contributed by atoms with van der Waals surface area (Å²) in [5.41, 5.74) is 4.84. The van der Waals surface area contributed by atoms with E-state index in [1.807, 2.05) is 0 Å². The van der Waals surface area contributed by atoms with E-state index >= 15 is 0 Å². The van der Waals surface area contributed by atoms with Gasteiger partial charge in [0.2, 0.25) is 11.8 Å². The van der Waals surface area contributed by atoms with Gasteiger partial charge in [-0.1, -0.05) is 0 Å². The molecule has 1 heterocycles. The molecule has 0 bridgehead atoms. The number of nitrogens with two attached hydrogens (primary N) is 1. The van der Waals surface area contributed by atoms with Crippen LogP contribution in [0.25, 0.3) is 0 Å². The summed E-state index contributed by atoms with van der Waals surface area (Å²) in [5.74, 6) is -0.929. The Hall–Kier alpha value is -1.52. The van der Waals surface area contributed by atoms with Crippen LogP contribution in [0.4, 0.5) is 0 Å². The van der Waals surface area contributed by atoms with Gasteiger partial charge in [-0.25, -0.2) is 0 Å². The zero-order chi connectivity index (χ0) is 8.43. The standard InChI is InChI=1S/C6H8N2O3/c7-5(10)3-8-2-4(9)1-6(8)11/h2,9H,1,3H2,(H2,7,10). The van der Waals surface area contributed by atoms with Gasteiger partial charge >= 0.3 is 0 Å². The predicted octanol–water partition coefficient (Wildman–Crippen LogP) is -0.897. The van der Waals surface area contributed by atoms with E-state index < -0.39 is 5.91 Å². The molecule has 1 aliphatic rings. The van der Waals surface area contributed by atoms with E-state index in [1.165, 1.54) is 6.20 Å². The second-order valence-corrected chi connectivity index (χ2v) is 2.29. The zero-order valence-corrected chi connectivity index (χ0v) is 5.78. The molecule has 0 spiro atoms. The summed E-state index contributed by atoms with van der Waals surface area (Å²) in [6.45, 7) is -0.164. The summed E-state index contributed by atoms with van der Waals surface area (Å²) in [5, 5.41) is 8.83. The second-order valence-electron chi connectivity index (χ2n) is 2.29. The smallest absolute Gasteiger partial charge is 0.237 e. The highest BCUT2D eigenvalue weighted by Gasteiger charge is 2.21. The minimum Gasteiger partial charge on any atom is -0.510 e. The van der Waals surface area contributed by atoms with Gasteiger partial charge < -0.3 is 15.7 Å². The maximum Gasteiger partial charge on any atom is 0.237 e. The lowest BCUT2D eigenvalue weighted by Gasteiger charge is -2.08. The first-order valence-electron chi connectivity index (χ1n) is 3.07. The molecule has 1 rings (SSSR count). The van der Waals surface area contributed by atoms with E-state index in [9.17, 15) is 9.59 Å². The molecule has 0 atom stereocenters. The van der Waals surface area contributed by atoms with E-state index in [-0.39, 0.29) is 24.6 Å². The summed E-state index contributed by atoms with van der Waals surface area (Å²) in [4.78, 5) is 22.2. The van der Waals surface area contributed by atoms with Crippen LogP contribution in [0.1, 0.15) is 6.42 Å². The predicted molar refractivity (Wildman–Crippen MR) is 36.2 cm³/mol. The average Bonchev–Trinajstić information content (AvgIpc) is 2.09. The van der Waals surface area contributed by atoms with E-state index in [0.29, 0.717) is 0 Å². The van der Waals surface area contributed by atoms with Crippen molar-refractivity contribution in [1.29, 1.82) is 0 Å². The van der Waals surface area contributed by atoms with Crippen LogP contribution in [0.5, 0.6) is 0 Å². The summed E-state index contributed by atoms with van der Waals surface area (Å²) >= 11 is 0. The minimum atomic E-state index is -0.593. The van der Waals surface area contributed by atoms with Crippen LogP contribution in [0.3, 0.4) is 0 Å². The van der Waals surface area contributed by atoms with Crippen molar-refractivity contribution in [2.24, 2.45) is 5.73 Å². The third kappa shape index (κ3) is 1.70. The third-order valence-corrected chi connectivity index (χ3v) is 1.28. The van der Waals surface area contributed by atoms with Crippen LogP contribution >= 0.6 is 0 Å². The molecule has 0 aliphatic carbocycles. The van der Waals surface area contributed by atoms with Crippen molar-refractivity contribution in [3.8, 4) is 0 Å². The first kappa shape index (κ1) is 7.59. The lowest BCUT2D eigenvalue weighted by atomic mass is 10.4. The molecule has 0 saturated carbocycles. The first-order chi connectivity index (χ1) is 5.09. The molecule has 3 N–H and O–H groups in total. The fourth-order valence-corrected chi connectivity index (χ4v) is 0.856. The Morgan fingerprint density at radius 1 is 1.82 bits per heavy atom. The van der Waals surface area contributed by atoms with Gasteiger partial charge in [-0.05, 0) is 0 Å². The molecule has 5 nitrogen and oxygen atoms in total. The van der Waals surface area contributed by atoms with Gasteiger partial charge in [-0.3, -0.25) is 9.59 Å². The summed E-state index contributed by atoms with van der Waals surface area (Å²) < 4.78 is 0.